The minimum Gasteiger partial charge on any atom is -0.508 e. The molecule has 0 bridgehead atoms. The van der Waals surface area contributed by atoms with Crippen molar-refractivity contribution in [1.82, 2.24) is 19.5 Å². The Labute approximate surface area is 163 Å². The molecule has 152 valence electrons. The third-order valence-corrected chi connectivity index (χ3v) is 4.55. The minimum absolute atomic E-state index is 0.117. The summed E-state index contributed by atoms with van der Waals surface area (Å²) in [6.07, 6.45) is -1.97. The molecule has 0 saturated carbocycles. The molecule has 0 spiro atoms. The predicted octanol–water partition coefficient (Wildman–Crippen LogP) is -0.828. The van der Waals surface area contributed by atoms with Gasteiger partial charge in [0.15, 0.2) is 23.2 Å². The first-order valence-corrected chi connectivity index (χ1v) is 8.68. The third-order valence-electron chi connectivity index (χ3n) is 4.55. The molecular formula is C17H19N7O5. The molecule has 3 heterocycles. The molecule has 1 fully saturated rings. The van der Waals surface area contributed by atoms with Gasteiger partial charge in [-0.1, -0.05) is 0 Å². The van der Waals surface area contributed by atoms with E-state index in [1.165, 1.54) is 29.2 Å². The number of ether oxygens (including phenoxy) is 1. The van der Waals surface area contributed by atoms with E-state index < -0.39 is 31.1 Å². The Hall–Kier alpha value is -3.32. The summed E-state index contributed by atoms with van der Waals surface area (Å²) in [5.74, 6) is 0.387. The fourth-order valence-corrected chi connectivity index (χ4v) is 3.06. The number of aliphatic hydroxyl groups is 3. The average Bonchev–Trinajstić information content (AvgIpc) is 3.22. The summed E-state index contributed by atoms with van der Waals surface area (Å²) in [6.45, 7) is -0.472. The van der Waals surface area contributed by atoms with Crippen LogP contribution >= 0.6 is 0 Å². The predicted molar refractivity (Wildman–Crippen MR) is 102 cm³/mol. The Morgan fingerprint density at radius 1 is 1.21 bits per heavy atom. The van der Waals surface area contributed by atoms with Crippen LogP contribution < -0.4 is 11.2 Å². The van der Waals surface area contributed by atoms with Gasteiger partial charge in [0, 0.05) is 0 Å². The molecule has 1 aromatic carbocycles. The van der Waals surface area contributed by atoms with Crippen molar-refractivity contribution < 1.29 is 25.2 Å². The molecule has 12 heteroatoms. The highest BCUT2D eigenvalue weighted by atomic mass is 16.6. The lowest BCUT2D eigenvalue weighted by molar-refractivity contribution is -0.0501. The third kappa shape index (κ3) is 3.45. The van der Waals surface area contributed by atoms with E-state index in [1.54, 1.807) is 12.1 Å². The molecule has 1 aliphatic heterocycles. The van der Waals surface area contributed by atoms with E-state index in [4.69, 9.17) is 10.5 Å². The zero-order valence-electron chi connectivity index (χ0n) is 15.0. The smallest absolute Gasteiger partial charge is 0.228 e. The Balaban J connectivity index is 1.71. The van der Waals surface area contributed by atoms with Crippen LogP contribution in [0.3, 0.4) is 0 Å². The Bertz CT molecular complexity index is 1040. The van der Waals surface area contributed by atoms with Gasteiger partial charge < -0.3 is 30.9 Å². The first-order valence-electron chi connectivity index (χ1n) is 8.68. The summed E-state index contributed by atoms with van der Waals surface area (Å²) in [5, 5.41) is 43.3. The van der Waals surface area contributed by atoms with Crippen LogP contribution in [-0.4, -0.2) is 71.1 Å². The molecule has 0 unspecified atom stereocenters. The number of hydrogen-bond donors (Lipinski definition) is 6. The van der Waals surface area contributed by atoms with E-state index in [0.29, 0.717) is 5.56 Å². The van der Waals surface area contributed by atoms with Crippen molar-refractivity contribution in [2.75, 3.05) is 17.8 Å². The van der Waals surface area contributed by atoms with Gasteiger partial charge in [-0.3, -0.25) is 4.57 Å². The molecule has 4 atom stereocenters. The van der Waals surface area contributed by atoms with E-state index in [9.17, 15) is 20.4 Å². The molecule has 3 aromatic rings. The second-order valence-electron chi connectivity index (χ2n) is 6.43. The number of nitrogens with zero attached hydrogens (tertiary/aromatic N) is 5. The van der Waals surface area contributed by atoms with E-state index in [1.807, 2.05) is 0 Å². The Morgan fingerprint density at radius 2 is 1.97 bits per heavy atom. The van der Waals surface area contributed by atoms with Gasteiger partial charge >= 0.3 is 0 Å². The highest BCUT2D eigenvalue weighted by Gasteiger charge is 2.45. The van der Waals surface area contributed by atoms with Crippen molar-refractivity contribution in [3.63, 3.8) is 0 Å². The summed E-state index contributed by atoms with van der Waals surface area (Å²) in [4.78, 5) is 12.4. The van der Waals surface area contributed by atoms with Gasteiger partial charge in [-0.25, -0.2) is 20.4 Å². The Morgan fingerprint density at radius 3 is 2.66 bits per heavy atom. The van der Waals surface area contributed by atoms with Crippen LogP contribution in [0.2, 0.25) is 0 Å². The Kier molecular flexibility index (Phi) is 4.98. The van der Waals surface area contributed by atoms with Crippen LogP contribution in [0.5, 0.6) is 5.75 Å². The number of benzene rings is 1. The van der Waals surface area contributed by atoms with Crippen molar-refractivity contribution in [2.24, 2.45) is 5.10 Å². The fourth-order valence-electron chi connectivity index (χ4n) is 3.06. The minimum atomic E-state index is -1.35. The number of phenols is 1. The zero-order valence-corrected chi connectivity index (χ0v) is 15.0. The second-order valence-corrected chi connectivity index (χ2v) is 6.43. The normalized spacial score (nSPS) is 24.5. The van der Waals surface area contributed by atoms with Crippen LogP contribution in [-0.2, 0) is 4.74 Å². The lowest BCUT2D eigenvalue weighted by Gasteiger charge is -2.18. The maximum atomic E-state index is 10.4. The van der Waals surface area contributed by atoms with Crippen LogP contribution in [0, 0.1) is 0 Å². The van der Waals surface area contributed by atoms with E-state index in [-0.39, 0.29) is 28.7 Å². The molecule has 12 nitrogen and oxygen atoms in total. The molecule has 29 heavy (non-hydrogen) atoms. The van der Waals surface area contributed by atoms with Crippen molar-refractivity contribution in [2.45, 2.75) is 24.5 Å². The van der Waals surface area contributed by atoms with Crippen LogP contribution in [0.1, 0.15) is 11.8 Å². The molecule has 7 N–H and O–H groups in total. The monoisotopic (exact) mass is 401 g/mol. The van der Waals surface area contributed by atoms with Gasteiger partial charge in [-0.15, -0.1) is 0 Å². The number of hydrogen-bond acceptors (Lipinski definition) is 11. The van der Waals surface area contributed by atoms with E-state index >= 15 is 0 Å². The number of rotatable bonds is 5. The number of anilines is 2. The molecule has 2 aromatic heterocycles. The van der Waals surface area contributed by atoms with E-state index in [2.05, 4.69) is 25.5 Å². The number of nitrogen functional groups attached to an aromatic ring is 1. The molecule has 4 rings (SSSR count). The second kappa shape index (κ2) is 7.60. The first-order chi connectivity index (χ1) is 14.0. The molecule has 1 aliphatic rings. The van der Waals surface area contributed by atoms with Gasteiger partial charge in [0.1, 0.15) is 30.4 Å². The van der Waals surface area contributed by atoms with E-state index in [0.717, 1.165) is 0 Å². The van der Waals surface area contributed by atoms with Crippen molar-refractivity contribution in [3.8, 4) is 5.75 Å². The van der Waals surface area contributed by atoms with Crippen LogP contribution in [0.15, 0.2) is 35.7 Å². The molecule has 0 aliphatic carbocycles. The quantitative estimate of drug-likeness (QED) is 0.233. The largest absolute Gasteiger partial charge is 0.508 e. The lowest BCUT2D eigenvalue weighted by atomic mass is 10.1. The van der Waals surface area contributed by atoms with Crippen molar-refractivity contribution >= 4 is 29.1 Å². The fraction of sp³-hybridized carbons (Fsp3) is 0.294. The highest BCUT2D eigenvalue weighted by Crippen LogP contribution is 2.35. The van der Waals surface area contributed by atoms with Gasteiger partial charge in [-0.05, 0) is 29.8 Å². The summed E-state index contributed by atoms with van der Waals surface area (Å²) >= 11 is 0. The SMILES string of the molecule is Nc1ncnc2c1nc(N/N=C\c1ccc(O)cc1)n2[C@H]1O[C@@H](CO)[C@@H](O)[C@@H]1O. The summed E-state index contributed by atoms with van der Waals surface area (Å²) in [5.41, 5.74) is 9.84. The highest BCUT2D eigenvalue weighted by molar-refractivity contribution is 5.84. The number of nitrogens with one attached hydrogen (secondary N) is 1. The number of hydrazone groups is 1. The maximum Gasteiger partial charge on any atom is 0.228 e. The van der Waals surface area contributed by atoms with Crippen LogP contribution in [0.4, 0.5) is 11.8 Å². The molecular weight excluding hydrogens is 382 g/mol. The number of aromatic nitrogens is 4. The topological polar surface area (TPSA) is 184 Å². The maximum absolute atomic E-state index is 10.4. The average molecular weight is 401 g/mol. The number of nitrogens with two attached hydrogens (primary N) is 1. The summed E-state index contributed by atoms with van der Waals surface area (Å²) in [7, 11) is 0. The first kappa shape index (κ1) is 19.0. The number of imidazole rings is 1. The van der Waals surface area contributed by atoms with Crippen LogP contribution in [0.25, 0.3) is 11.2 Å². The zero-order chi connectivity index (χ0) is 20.5. The number of fused-ring (bicyclic) bond motifs is 1. The number of aromatic hydroxyl groups is 1. The lowest BCUT2D eigenvalue weighted by Crippen LogP contribution is -2.33. The summed E-state index contributed by atoms with van der Waals surface area (Å²) < 4.78 is 6.99. The van der Waals surface area contributed by atoms with Gasteiger partial charge in [-0.2, -0.15) is 5.10 Å². The van der Waals surface area contributed by atoms with Gasteiger partial charge in [0.2, 0.25) is 5.95 Å². The molecule has 0 radical (unpaired) electrons. The number of phenolic OH excluding ortho intramolecular Hbond substituents is 1. The summed E-state index contributed by atoms with van der Waals surface area (Å²) in [6, 6.07) is 6.37. The molecule has 1 saturated heterocycles. The van der Waals surface area contributed by atoms with Gasteiger partial charge in [0.25, 0.3) is 0 Å². The van der Waals surface area contributed by atoms with Gasteiger partial charge in [0.05, 0.1) is 12.8 Å². The van der Waals surface area contributed by atoms with Crippen molar-refractivity contribution in [1.29, 1.82) is 0 Å². The van der Waals surface area contributed by atoms with Crippen molar-refractivity contribution in [3.05, 3.63) is 36.2 Å². The molecule has 0 amide bonds. The number of aliphatic hydroxyl groups excluding tert-OH is 3. The standard InChI is InChI=1S/C17H19N7O5/c18-14-11-15(20-7-19-14)24(16-13(28)12(27)10(6-25)29-16)17(22-11)23-21-5-8-1-3-9(26)4-2-8/h1-5,7,10,12-13,16,25-28H,6H2,(H,22,23)(H2,18,19,20)/b21-5-/t10-,12+,13-,16-/m0/s1.